The molecule has 0 saturated heterocycles. The Bertz CT molecular complexity index is 4250. The third-order valence-electron chi connectivity index (χ3n) is 17.3. The van der Waals surface area contributed by atoms with Gasteiger partial charge in [0.25, 0.3) is 0 Å². The van der Waals surface area contributed by atoms with Gasteiger partial charge in [-0.3, -0.25) is 0 Å². The van der Waals surface area contributed by atoms with Gasteiger partial charge in [0, 0.05) is 27.7 Å². The molecule has 0 fully saturated rings. The standard InChI is InChI=1S/C72H43NO/c1-2-19-44(20-3-1)49-29-18-30-58-68-48-22-5-4-21-45(48)41-67(70(68)74-69(49)58)73(46-37-39-56-54-27-10-16-35-63(54)71(65(56)42-46)59-31-12-6-23-50(59)51-24-7-13-32-60(51)71)47-38-40-57-55-28-11-17-36-64(55)72(66(57)43-47)61-33-14-8-25-52(61)53-26-9-15-34-62(53)72/h1-43H. The largest absolute Gasteiger partial charge is 0.453 e. The van der Waals surface area contributed by atoms with Crippen LogP contribution in [-0.2, 0) is 10.8 Å². The first kappa shape index (κ1) is 40.1. The first-order valence-corrected chi connectivity index (χ1v) is 25.8. The zero-order valence-electron chi connectivity index (χ0n) is 40.2. The Hall–Kier alpha value is -9.50. The Balaban J connectivity index is 0.999. The maximum atomic E-state index is 7.52. The zero-order valence-corrected chi connectivity index (χ0v) is 40.2. The fraction of sp³-hybridized carbons (Fsp3) is 0.0278. The summed E-state index contributed by atoms with van der Waals surface area (Å²) in [5.74, 6) is 0. The van der Waals surface area contributed by atoms with Gasteiger partial charge in [-0.1, -0.05) is 231 Å². The number of hydrogen-bond donors (Lipinski definition) is 0. The SMILES string of the molecule is c1ccc(-c2cccc3c2oc2c(N(c4ccc5c(c4)C4(c6ccccc6-c6ccccc64)c4ccccc4-5)c4ccc5c(c4)C4(c6ccccc6-c6ccccc64)c4ccccc4-5)cc4ccccc4c23)cc1. The minimum absolute atomic E-state index is 0.523. The van der Waals surface area contributed by atoms with Gasteiger partial charge < -0.3 is 9.32 Å². The predicted octanol–water partition coefficient (Wildman–Crippen LogP) is 18.6. The molecule has 0 unspecified atom stereocenters. The topological polar surface area (TPSA) is 16.4 Å². The fourth-order valence-corrected chi connectivity index (χ4v) is 14.5. The number of benzene rings is 12. The number of para-hydroxylation sites is 1. The van der Waals surface area contributed by atoms with Gasteiger partial charge in [0.05, 0.1) is 16.5 Å². The Morgan fingerprint density at radius 1 is 0.270 bits per heavy atom. The Kier molecular flexibility index (Phi) is 7.90. The molecule has 74 heavy (non-hydrogen) atoms. The van der Waals surface area contributed by atoms with E-state index >= 15 is 0 Å². The van der Waals surface area contributed by atoms with Crippen LogP contribution in [0.4, 0.5) is 17.1 Å². The molecule has 0 amide bonds. The Morgan fingerprint density at radius 2 is 0.649 bits per heavy atom. The van der Waals surface area contributed by atoms with E-state index in [4.69, 9.17) is 4.42 Å². The van der Waals surface area contributed by atoms with Crippen LogP contribution in [0.5, 0.6) is 0 Å². The number of rotatable bonds is 4. The number of furan rings is 1. The molecule has 2 spiro atoms. The number of anilines is 3. The molecule has 0 atom stereocenters. The summed E-state index contributed by atoms with van der Waals surface area (Å²) in [6, 6.07) is 97.6. The zero-order chi connectivity index (χ0) is 48.3. The van der Waals surface area contributed by atoms with Crippen LogP contribution < -0.4 is 4.90 Å². The minimum atomic E-state index is -0.523. The van der Waals surface area contributed by atoms with Crippen LogP contribution in [0.1, 0.15) is 44.5 Å². The summed E-state index contributed by atoms with van der Waals surface area (Å²) in [6.07, 6.45) is 0. The highest BCUT2D eigenvalue weighted by atomic mass is 16.3. The third kappa shape index (κ3) is 4.91. The summed E-state index contributed by atoms with van der Waals surface area (Å²) >= 11 is 0. The lowest BCUT2D eigenvalue weighted by Gasteiger charge is -2.33. The molecule has 1 aromatic heterocycles. The molecule has 0 aliphatic heterocycles. The van der Waals surface area contributed by atoms with Gasteiger partial charge in [-0.05, 0) is 136 Å². The fourth-order valence-electron chi connectivity index (χ4n) is 14.5. The average Bonchev–Trinajstić information content (AvgIpc) is 4.28. The van der Waals surface area contributed by atoms with E-state index in [1.165, 1.54) is 94.4 Å². The molecule has 342 valence electrons. The first-order valence-electron chi connectivity index (χ1n) is 25.8. The molecule has 17 rings (SSSR count). The molecule has 0 bridgehead atoms. The summed E-state index contributed by atoms with van der Waals surface area (Å²) in [7, 11) is 0. The van der Waals surface area contributed by atoms with Crippen molar-refractivity contribution in [2.24, 2.45) is 0 Å². The second-order valence-corrected chi connectivity index (χ2v) is 20.5. The minimum Gasteiger partial charge on any atom is -0.453 e. The lowest BCUT2D eigenvalue weighted by atomic mass is 9.70. The molecular formula is C72H43NO. The molecule has 2 nitrogen and oxygen atoms in total. The maximum Gasteiger partial charge on any atom is 0.160 e. The van der Waals surface area contributed by atoms with Gasteiger partial charge in [-0.25, -0.2) is 0 Å². The van der Waals surface area contributed by atoms with Crippen molar-refractivity contribution >= 4 is 49.8 Å². The Morgan fingerprint density at radius 3 is 1.12 bits per heavy atom. The van der Waals surface area contributed by atoms with Crippen molar-refractivity contribution in [1.82, 2.24) is 0 Å². The monoisotopic (exact) mass is 937 g/mol. The van der Waals surface area contributed by atoms with E-state index in [0.29, 0.717) is 0 Å². The van der Waals surface area contributed by atoms with Crippen molar-refractivity contribution in [2.45, 2.75) is 10.8 Å². The summed E-state index contributed by atoms with van der Waals surface area (Å²) < 4.78 is 7.52. The molecular weight excluding hydrogens is 895 g/mol. The summed E-state index contributed by atoms with van der Waals surface area (Å²) in [5, 5.41) is 4.54. The summed E-state index contributed by atoms with van der Waals surface area (Å²) in [6.45, 7) is 0. The van der Waals surface area contributed by atoms with Crippen molar-refractivity contribution in [3.63, 3.8) is 0 Å². The first-order chi connectivity index (χ1) is 36.7. The van der Waals surface area contributed by atoms with Gasteiger partial charge in [-0.2, -0.15) is 0 Å². The van der Waals surface area contributed by atoms with Gasteiger partial charge >= 0.3 is 0 Å². The van der Waals surface area contributed by atoms with Crippen LogP contribution in [0.2, 0.25) is 0 Å². The molecule has 12 aromatic carbocycles. The molecule has 0 N–H and O–H groups in total. The van der Waals surface area contributed by atoms with E-state index in [2.05, 4.69) is 266 Å². The second kappa shape index (κ2) is 14.6. The van der Waals surface area contributed by atoms with Crippen LogP contribution >= 0.6 is 0 Å². The molecule has 0 radical (unpaired) electrons. The Labute approximate surface area is 428 Å². The van der Waals surface area contributed by atoms with Crippen molar-refractivity contribution in [1.29, 1.82) is 0 Å². The highest BCUT2D eigenvalue weighted by Gasteiger charge is 2.53. The van der Waals surface area contributed by atoms with Crippen LogP contribution in [0, 0.1) is 0 Å². The summed E-state index contributed by atoms with van der Waals surface area (Å²) in [5.41, 5.74) is 26.8. The van der Waals surface area contributed by atoms with Crippen molar-refractivity contribution < 1.29 is 4.42 Å². The third-order valence-corrected chi connectivity index (χ3v) is 17.3. The highest BCUT2D eigenvalue weighted by Crippen LogP contribution is 2.66. The van der Waals surface area contributed by atoms with Gasteiger partial charge in [0.15, 0.2) is 5.58 Å². The maximum absolute atomic E-state index is 7.52. The smallest absolute Gasteiger partial charge is 0.160 e. The van der Waals surface area contributed by atoms with E-state index in [9.17, 15) is 0 Å². The number of fused-ring (bicyclic) bond motifs is 25. The van der Waals surface area contributed by atoms with Crippen LogP contribution in [-0.4, -0.2) is 0 Å². The van der Waals surface area contributed by atoms with Crippen LogP contribution in [0.15, 0.2) is 265 Å². The van der Waals surface area contributed by atoms with Crippen molar-refractivity contribution in [3.05, 3.63) is 305 Å². The van der Waals surface area contributed by atoms with E-state index in [0.717, 1.165) is 55.5 Å². The molecule has 4 aliphatic rings. The van der Waals surface area contributed by atoms with Crippen LogP contribution in [0.25, 0.3) is 88.3 Å². The molecule has 0 saturated carbocycles. The van der Waals surface area contributed by atoms with Crippen LogP contribution in [0.3, 0.4) is 0 Å². The van der Waals surface area contributed by atoms with Gasteiger partial charge in [-0.15, -0.1) is 0 Å². The molecule has 4 aliphatic carbocycles. The molecule has 1 heterocycles. The quantitative estimate of drug-likeness (QED) is 0.175. The molecule has 13 aromatic rings. The predicted molar refractivity (Wildman–Crippen MR) is 304 cm³/mol. The lowest BCUT2D eigenvalue weighted by Crippen LogP contribution is -2.26. The lowest BCUT2D eigenvalue weighted by molar-refractivity contribution is 0.670. The van der Waals surface area contributed by atoms with Crippen molar-refractivity contribution in [3.8, 4) is 55.6 Å². The highest BCUT2D eigenvalue weighted by molar-refractivity contribution is 6.24. The van der Waals surface area contributed by atoms with E-state index in [-0.39, 0.29) is 0 Å². The number of nitrogens with zero attached hydrogens (tertiary/aromatic N) is 1. The van der Waals surface area contributed by atoms with Crippen molar-refractivity contribution in [2.75, 3.05) is 4.90 Å². The van der Waals surface area contributed by atoms with E-state index in [1.807, 2.05) is 0 Å². The average molecular weight is 938 g/mol. The van der Waals surface area contributed by atoms with Gasteiger partial charge in [0.1, 0.15) is 5.58 Å². The summed E-state index contributed by atoms with van der Waals surface area (Å²) in [4.78, 5) is 2.52. The van der Waals surface area contributed by atoms with E-state index in [1.54, 1.807) is 0 Å². The van der Waals surface area contributed by atoms with E-state index < -0.39 is 10.8 Å². The van der Waals surface area contributed by atoms with Gasteiger partial charge in [0.2, 0.25) is 0 Å². The molecule has 2 heteroatoms. The normalized spacial score (nSPS) is 14.2. The number of hydrogen-bond acceptors (Lipinski definition) is 2. The second-order valence-electron chi connectivity index (χ2n) is 20.5.